The van der Waals surface area contributed by atoms with E-state index in [9.17, 15) is 4.79 Å². The maximum Gasteiger partial charge on any atom is 0.220 e. The lowest BCUT2D eigenvalue weighted by molar-refractivity contribution is -0.121. The van der Waals surface area contributed by atoms with Crippen LogP contribution in [0.5, 0.6) is 0 Å². The van der Waals surface area contributed by atoms with Gasteiger partial charge in [-0.15, -0.1) is 24.8 Å². The standard InChI is InChI=1S/C20H30N4O.2ClH/c1-15-7-6-10-17-20(15)24-18(23-17)11-12-19(25)22-14-13-21-16-8-4-2-3-5-9-16;;/h6-7,10,16,21H,2-5,8-9,11-14H2,1H3,(H,22,25)(H,23,24);2*1H. The summed E-state index contributed by atoms with van der Waals surface area (Å²) in [5.41, 5.74) is 3.21. The number of hydrogen-bond donors (Lipinski definition) is 3. The molecule has 3 N–H and O–H groups in total. The zero-order valence-electron chi connectivity index (χ0n) is 16.1. The number of amides is 1. The molecule has 1 aliphatic rings. The highest BCUT2D eigenvalue weighted by molar-refractivity contribution is 5.85. The van der Waals surface area contributed by atoms with Gasteiger partial charge in [-0.1, -0.05) is 37.8 Å². The van der Waals surface area contributed by atoms with Crippen molar-refractivity contribution >= 4 is 41.8 Å². The Morgan fingerprint density at radius 1 is 1.15 bits per heavy atom. The molecule has 1 amide bonds. The van der Waals surface area contributed by atoms with Gasteiger partial charge >= 0.3 is 0 Å². The largest absolute Gasteiger partial charge is 0.355 e. The number of H-pyrrole nitrogens is 1. The number of halogens is 2. The minimum Gasteiger partial charge on any atom is -0.355 e. The van der Waals surface area contributed by atoms with Gasteiger partial charge in [-0.2, -0.15) is 0 Å². The van der Waals surface area contributed by atoms with Crippen LogP contribution in [0.25, 0.3) is 11.0 Å². The molecule has 0 atom stereocenters. The van der Waals surface area contributed by atoms with Crippen molar-refractivity contribution in [3.8, 4) is 0 Å². The predicted octanol–water partition coefficient (Wildman–Crippen LogP) is 4.08. The first kappa shape index (κ1) is 23.7. The third-order valence-electron chi connectivity index (χ3n) is 5.09. The number of aromatic nitrogens is 2. The monoisotopic (exact) mass is 414 g/mol. The minimum atomic E-state index is 0. The Morgan fingerprint density at radius 3 is 2.59 bits per heavy atom. The Morgan fingerprint density at radius 2 is 1.89 bits per heavy atom. The Balaban J connectivity index is 0.00000182. The lowest BCUT2D eigenvalue weighted by Crippen LogP contribution is -2.36. The SMILES string of the molecule is Cc1cccc2[nH]c(CCC(=O)NCCNC3CCCCCC3)nc12.Cl.Cl. The van der Waals surface area contributed by atoms with Crippen molar-refractivity contribution in [1.82, 2.24) is 20.6 Å². The number of nitrogens with zero attached hydrogens (tertiary/aromatic N) is 1. The Labute approximate surface area is 174 Å². The summed E-state index contributed by atoms with van der Waals surface area (Å²) in [6.07, 6.45) is 9.09. The van der Waals surface area contributed by atoms with E-state index in [-0.39, 0.29) is 30.7 Å². The highest BCUT2D eigenvalue weighted by Gasteiger charge is 2.11. The van der Waals surface area contributed by atoms with E-state index in [1.807, 2.05) is 12.1 Å². The first-order valence-electron chi connectivity index (χ1n) is 9.66. The van der Waals surface area contributed by atoms with Crippen LogP contribution in [0.4, 0.5) is 0 Å². The van der Waals surface area contributed by atoms with E-state index in [0.717, 1.165) is 29.0 Å². The van der Waals surface area contributed by atoms with E-state index in [1.54, 1.807) is 0 Å². The minimum absolute atomic E-state index is 0. The van der Waals surface area contributed by atoms with E-state index in [2.05, 4.69) is 33.6 Å². The fourth-order valence-corrected chi connectivity index (χ4v) is 3.63. The average Bonchev–Trinajstić information content (AvgIpc) is 2.86. The van der Waals surface area contributed by atoms with Gasteiger partial charge in [0.2, 0.25) is 5.91 Å². The molecule has 2 aromatic rings. The highest BCUT2D eigenvalue weighted by atomic mass is 35.5. The molecule has 3 rings (SSSR count). The molecule has 0 unspecified atom stereocenters. The Hall–Kier alpha value is -1.30. The number of aryl methyl sites for hydroxylation is 2. The Kier molecular flexibility index (Phi) is 10.7. The van der Waals surface area contributed by atoms with E-state index in [1.165, 1.54) is 38.5 Å². The molecule has 152 valence electrons. The second kappa shape index (κ2) is 12.2. The number of carbonyl (C=O) groups excluding carboxylic acids is 1. The third-order valence-corrected chi connectivity index (χ3v) is 5.09. The van der Waals surface area contributed by atoms with Crippen LogP contribution in [0.3, 0.4) is 0 Å². The molecule has 0 bridgehead atoms. The summed E-state index contributed by atoms with van der Waals surface area (Å²) < 4.78 is 0. The number of benzene rings is 1. The summed E-state index contributed by atoms with van der Waals surface area (Å²) in [5.74, 6) is 0.982. The van der Waals surface area contributed by atoms with Crippen molar-refractivity contribution in [3.05, 3.63) is 29.6 Å². The van der Waals surface area contributed by atoms with Gasteiger partial charge in [0.25, 0.3) is 0 Å². The van der Waals surface area contributed by atoms with Gasteiger partial charge in [-0.05, 0) is 31.4 Å². The number of fused-ring (bicyclic) bond motifs is 1. The van der Waals surface area contributed by atoms with Gasteiger partial charge < -0.3 is 15.6 Å². The van der Waals surface area contributed by atoms with Crippen LogP contribution in [0, 0.1) is 6.92 Å². The number of imidazole rings is 1. The van der Waals surface area contributed by atoms with Crippen LogP contribution >= 0.6 is 24.8 Å². The molecule has 1 aromatic carbocycles. The van der Waals surface area contributed by atoms with E-state index in [0.29, 0.717) is 25.4 Å². The summed E-state index contributed by atoms with van der Waals surface area (Å²) in [6, 6.07) is 6.74. The summed E-state index contributed by atoms with van der Waals surface area (Å²) >= 11 is 0. The molecule has 5 nitrogen and oxygen atoms in total. The second-order valence-corrected chi connectivity index (χ2v) is 7.15. The molecule has 1 heterocycles. The summed E-state index contributed by atoms with van der Waals surface area (Å²) in [5, 5.41) is 6.59. The molecular formula is C20H32Cl2N4O. The molecule has 7 heteroatoms. The van der Waals surface area contributed by atoms with Gasteiger partial charge in [-0.3, -0.25) is 4.79 Å². The summed E-state index contributed by atoms with van der Waals surface area (Å²) in [4.78, 5) is 19.9. The summed E-state index contributed by atoms with van der Waals surface area (Å²) in [7, 11) is 0. The van der Waals surface area contributed by atoms with Gasteiger partial charge in [0.05, 0.1) is 11.0 Å². The molecule has 0 saturated heterocycles. The van der Waals surface area contributed by atoms with Crippen molar-refractivity contribution in [1.29, 1.82) is 0 Å². The number of para-hydroxylation sites is 1. The number of aromatic amines is 1. The first-order valence-corrected chi connectivity index (χ1v) is 9.66. The molecule has 0 radical (unpaired) electrons. The number of carbonyl (C=O) groups is 1. The topological polar surface area (TPSA) is 69.8 Å². The molecule has 1 aromatic heterocycles. The van der Waals surface area contributed by atoms with Gasteiger partial charge in [0.1, 0.15) is 5.82 Å². The molecule has 0 aliphatic heterocycles. The smallest absolute Gasteiger partial charge is 0.220 e. The Bertz CT molecular complexity index is 696. The van der Waals surface area contributed by atoms with E-state index < -0.39 is 0 Å². The van der Waals surface area contributed by atoms with Crippen LogP contribution in [-0.2, 0) is 11.2 Å². The molecule has 27 heavy (non-hydrogen) atoms. The number of hydrogen-bond acceptors (Lipinski definition) is 3. The van der Waals surface area contributed by atoms with E-state index in [4.69, 9.17) is 0 Å². The lowest BCUT2D eigenvalue weighted by atomic mass is 10.1. The van der Waals surface area contributed by atoms with Crippen LogP contribution < -0.4 is 10.6 Å². The van der Waals surface area contributed by atoms with Crippen molar-refractivity contribution in [2.45, 2.75) is 64.3 Å². The first-order chi connectivity index (χ1) is 12.2. The normalized spacial score (nSPS) is 14.9. The third kappa shape index (κ3) is 7.32. The molecular weight excluding hydrogens is 383 g/mol. The number of nitrogens with one attached hydrogen (secondary N) is 3. The second-order valence-electron chi connectivity index (χ2n) is 7.15. The lowest BCUT2D eigenvalue weighted by Gasteiger charge is -2.16. The maximum absolute atomic E-state index is 12.0. The fourth-order valence-electron chi connectivity index (χ4n) is 3.63. The quantitative estimate of drug-likeness (QED) is 0.472. The van der Waals surface area contributed by atoms with Crippen molar-refractivity contribution < 1.29 is 4.79 Å². The zero-order chi connectivity index (χ0) is 17.5. The molecule has 1 aliphatic carbocycles. The zero-order valence-corrected chi connectivity index (χ0v) is 17.7. The van der Waals surface area contributed by atoms with Crippen LogP contribution in [0.15, 0.2) is 18.2 Å². The molecule has 1 saturated carbocycles. The fraction of sp³-hybridized carbons (Fsp3) is 0.600. The van der Waals surface area contributed by atoms with Gasteiger partial charge in [0, 0.05) is 32.0 Å². The molecule has 1 fully saturated rings. The highest BCUT2D eigenvalue weighted by Crippen LogP contribution is 2.17. The van der Waals surface area contributed by atoms with Crippen LogP contribution in [0.2, 0.25) is 0 Å². The number of rotatable bonds is 7. The van der Waals surface area contributed by atoms with Crippen molar-refractivity contribution in [2.75, 3.05) is 13.1 Å². The van der Waals surface area contributed by atoms with E-state index >= 15 is 0 Å². The van der Waals surface area contributed by atoms with Crippen LogP contribution in [0.1, 0.15) is 56.3 Å². The van der Waals surface area contributed by atoms with Gasteiger partial charge in [0.15, 0.2) is 0 Å². The van der Waals surface area contributed by atoms with Crippen molar-refractivity contribution in [3.63, 3.8) is 0 Å². The average molecular weight is 415 g/mol. The summed E-state index contributed by atoms with van der Waals surface area (Å²) in [6.45, 7) is 3.62. The van der Waals surface area contributed by atoms with Crippen LogP contribution in [-0.4, -0.2) is 35.0 Å². The van der Waals surface area contributed by atoms with Crippen molar-refractivity contribution in [2.24, 2.45) is 0 Å². The van der Waals surface area contributed by atoms with Gasteiger partial charge in [-0.25, -0.2) is 4.98 Å². The maximum atomic E-state index is 12.0. The molecule has 0 spiro atoms. The predicted molar refractivity (Wildman–Crippen MR) is 116 cm³/mol.